The van der Waals surface area contributed by atoms with Gasteiger partial charge in [-0.25, -0.2) is 8.78 Å². The number of fused-ring (bicyclic) bond motifs is 1. The summed E-state index contributed by atoms with van der Waals surface area (Å²) >= 11 is 0. The number of nitrogens with zero attached hydrogens (tertiary/aromatic N) is 3. The number of hydrogen-bond acceptors (Lipinski definition) is 2. The van der Waals surface area contributed by atoms with Crippen molar-refractivity contribution in [1.82, 2.24) is 9.47 Å². The van der Waals surface area contributed by atoms with Crippen molar-refractivity contribution in [1.29, 1.82) is 0 Å². The van der Waals surface area contributed by atoms with Crippen LogP contribution < -0.4 is 4.90 Å². The molecule has 1 aliphatic heterocycles. The molecule has 1 atom stereocenters. The normalized spacial score (nSPS) is 14.9. The summed E-state index contributed by atoms with van der Waals surface area (Å²) in [6, 6.07) is 21.5. The van der Waals surface area contributed by atoms with Crippen molar-refractivity contribution in [3.8, 4) is 0 Å². The number of amides is 1. The van der Waals surface area contributed by atoms with Crippen LogP contribution in [0.25, 0.3) is 10.9 Å². The van der Waals surface area contributed by atoms with Crippen LogP contribution >= 0.6 is 0 Å². The molecular formula is C29H29F2N3O. The summed E-state index contributed by atoms with van der Waals surface area (Å²) in [6.07, 6.45) is 2.35. The van der Waals surface area contributed by atoms with Gasteiger partial charge >= 0.3 is 0 Å². The van der Waals surface area contributed by atoms with Crippen molar-refractivity contribution < 1.29 is 13.6 Å². The third-order valence-electron chi connectivity index (χ3n) is 6.99. The van der Waals surface area contributed by atoms with Gasteiger partial charge in [0, 0.05) is 62.2 Å². The predicted molar refractivity (Wildman–Crippen MR) is 136 cm³/mol. The second-order valence-corrected chi connectivity index (χ2v) is 9.02. The van der Waals surface area contributed by atoms with E-state index in [-0.39, 0.29) is 29.9 Å². The van der Waals surface area contributed by atoms with E-state index in [9.17, 15) is 13.6 Å². The molecule has 0 spiro atoms. The third-order valence-corrected chi connectivity index (χ3v) is 6.99. The first-order valence-electron chi connectivity index (χ1n) is 12.2. The highest BCUT2D eigenvalue weighted by Crippen LogP contribution is 2.35. The molecule has 0 bridgehead atoms. The maximum atomic E-state index is 14.2. The van der Waals surface area contributed by atoms with Gasteiger partial charge in [0.2, 0.25) is 5.91 Å². The van der Waals surface area contributed by atoms with E-state index < -0.39 is 0 Å². The number of halogens is 2. The van der Waals surface area contributed by atoms with Crippen molar-refractivity contribution >= 4 is 22.5 Å². The second kappa shape index (κ2) is 9.90. The Bertz CT molecular complexity index is 1340. The number of benzene rings is 3. The Hall–Kier alpha value is -3.67. The molecular weight excluding hydrogens is 444 g/mol. The molecule has 0 radical (unpaired) electrons. The molecule has 4 aromatic rings. The number of piperazine rings is 1. The van der Waals surface area contributed by atoms with Crippen molar-refractivity contribution in [2.24, 2.45) is 0 Å². The number of aromatic nitrogens is 1. The van der Waals surface area contributed by atoms with Gasteiger partial charge in [-0.2, -0.15) is 0 Å². The highest BCUT2D eigenvalue weighted by molar-refractivity contribution is 5.86. The van der Waals surface area contributed by atoms with Crippen LogP contribution in [0.3, 0.4) is 0 Å². The molecule has 1 amide bonds. The second-order valence-electron chi connectivity index (χ2n) is 9.02. The van der Waals surface area contributed by atoms with Gasteiger partial charge in [-0.1, -0.05) is 42.5 Å². The lowest BCUT2D eigenvalue weighted by Gasteiger charge is -2.36. The first kappa shape index (κ1) is 23.1. The molecule has 3 aromatic carbocycles. The van der Waals surface area contributed by atoms with Gasteiger partial charge in [0.25, 0.3) is 0 Å². The van der Waals surface area contributed by atoms with Crippen LogP contribution in [0.1, 0.15) is 30.4 Å². The molecule has 35 heavy (non-hydrogen) atoms. The summed E-state index contributed by atoms with van der Waals surface area (Å²) in [4.78, 5) is 17.3. The zero-order chi connectivity index (χ0) is 24.4. The standard InChI is InChI=1S/C29H29F2N3O/c1-2-32-20-25(23-10-3-5-12-27(23)32)24(21-8-7-9-22(30)18-21)19-29(35)34-16-14-33(15-17-34)28-13-6-4-11-26(28)31/h3-13,18,20,24H,2,14-17,19H2,1H3/t24-/m1/s1. The van der Waals surface area contributed by atoms with Crippen LogP contribution in [0.5, 0.6) is 0 Å². The number of carbonyl (C=O) groups is 1. The maximum Gasteiger partial charge on any atom is 0.223 e. The Labute approximate surface area is 204 Å². The van der Waals surface area contributed by atoms with E-state index in [1.807, 2.05) is 34.1 Å². The van der Waals surface area contributed by atoms with Gasteiger partial charge in [0.1, 0.15) is 11.6 Å². The Morgan fingerprint density at radius 3 is 2.40 bits per heavy atom. The van der Waals surface area contributed by atoms with E-state index >= 15 is 0 Å². The molecule has 6 heteroatoms. The highest BCUT2D eigenvalue weighted by Gasteiger charge is 2.28. The van der Waals surface area contributed by atoms with Crippen molar-refractivity contribution in [2.75, 3.05) is 31.1 Å². The molecule has 1 aliphatic rings. The average Bonchev–Trinajstić information content (AvgIpc) is 3.26. The fourth-order valence-electron chi connectivity index (χ4n) is 5.15. The van der Waals surface area contributed by atoms with E-state index in [0.29, 0.717) is 31.9 Å². The van der Waals surface area contributed by atoms with Crippen LogP contribution in [-0.2, 0) is 11.3 Å². The zero-order valence-electron chi connectivity index (χ0n) is 19.8. The number of hydrogen-bond donors (Lipinski definition) is 0. The Kier molecular flexibility index (Phi) is 6.53. The maximum absolute atomic E-state index is 14.2. The Morgan fingerprint density at radius 2 is 1.66 bits per heavy atom. The van der Waals surface area contributed by atoms with Gasteiger partial charge in [-0.3, -0.25) is 4.79 Å². The number of rotatable bonds is 6. The van der Waals surface area contributed by atoms with Crippen molar-refractivity contribution in [2.45, 2.75) is 25.8 Å². The lowest BCUT2D eigenvalue weighted by atomic mass is 9.87. The molecule has 5 rings (SSSR count). The van der Waals surface area contributed by atoms with Crippen LogP contribution in [0.15, 0.2) is 79.0 Å². The molecule has 2 heterocycles. The lowest BCUT2D eigenvalue weighted by Crippen LogP contribution is -2.49. The summed E-state index contributed by atoms with van der Waals surface area (Å²) in [5, 5.41) is 1.08. The number of anilines is 1. The summed E-state index contributed by atoms with van der Waals surface area (Å²) in [6.45, 7) is 5.11. The molecule has 0 aliphatic carbocycles. The van der Waals surface area contributed by atoms with E-state index in [4.69, 9.17) is 0 Å². The lowest BCUT2D eigenvalue weighted by molar-refractivity contribution is -0.131. The predicted octanol–water partition coefficient (Wildman–Crippen LogP) is 5.81. The smallest absolute Gasteiger partial charge is 0.223 e. The summed E-state index contributed by atoms with van der Waals surface area (Å²) in [5.41, 5.74) is 3.51. The number of aryl methyl sites for hydroxylation is 1. The molecule has 0 unspecified atom stereocenters. The minimum Gasteiger partial charge on any atom is -0.366 e. The van der Waals surface area contributed by atoms with E-state index in [1.54, 1.807) is 18.2 Å². The molecule has 180 valence electrons. The fourth-order valence-corrected chi connectivity index (χ4v) is 5.15. The van der Waals surface area contributed by atoms with Crippen LogP contribution in [-0.4, -0.2) is 41.6 Å². The zero-order valence-corrected chi connectivity index (χ0v) is 19.8. The summed E-state index contributed by atoms with van der Waals surface area (Å²) < 4.78 is 30.6. The molecule has 1 saturated heterocycles. The number of para-hydroxylation sites is 2. The third kappa shape index (κ3) is 4.65. The van der Waals surface area contributed by atoms with Gasteiger partial charge in [0.05, 0.1) is 5.69 Å². The largest absolute Gasteiger partial charge is 0.366 e. The van der Waals surface area contributed by atoms with Crippen molar-refractivity contribution in [3.05, 3.63) is 102 Å². The van der Waals surface area contributed by atoms with Gasteiger partial charge in [-0.05, 0) is 48.4 Å². The Morgan fingerprint density at radius 1 is 0.914 bits per heavy atom. The number of carbonyl (C=O) groups excluding carboxylic acids is 1. The van der Waals surface area contributed by atoms with Gasteiger partial charge < -0.3 is 14.4 Å². The van der Waals surface area contributed by atoms with Crippen LogP contribution in [0, 0.1) is 11.6 Å². The van der Waals surface area contributed by atoms with Crippen LogP contribution in [0.2, 0.25) is 0 Å². The first-order valence-corrected chi connectivity index (χ1v) is 12.2. The Balaban J connectivity index is 1.40. The van der Waals surface area contributed by atoms with Gasteiger partial charge in [-0.15, -0.1) is 0 Å². The summed E-state index contributed by atoms with van der Waals surface area (Å²) in [7, 11) is 0. The van der Waals surface area contributed by atoms with E-state index in [2.05, 4.69) is 29.8 Å². The van der Waals surface area contributed by atoms with E-state index in [1.165, 1.54) is 18.2 Å². The monoisotopic (exact) mass is 473 g/mol. The SMILES string of the molecule is CCn1cc([C@H](CC(=O)N2CCN(c3ccccc3F)CC2)c2cccc(F)c2)c2ccccc21. The molecule has 1 fully saturated rings. The fraction of sp³-hybridized carbons (Fsp3) is 0.276. The minimum absolute atomic E-state index is 0.0285. The van der Waals surface area contributed by atoms with Crippen LogP contribution in [0.4, 0.5) is 14.5 Å². The average molecular weight is 474 g/mol. The highest BCUT2D eigenvalue weighted by atomic mass is 19.1. The topological polar surface area (TPSA) is 28.5 Å². The molecule has 0 N–H and O–H groups in total. The molecule has 4 nitrogen and oxygen atoms in total. The quantitative estimate of drug-likeness (QED) is 0.354. The van der Waals surface area contributed by atoms with Gasteiger partial charge in [0.15, 0.2) is 0 Å². The molecule has 0 saturated carbocycles. The van der Waals surface area contributed by atoms with E-state index in [0.717, 1.165) is 28.6 Å². The molecule has 1 aromatic heterocycles. The van der Waals surface area contributed by atoms with Crippen molar-refractivity contribution in [3.63, 3.8) is 0 Å². The summed E-state index contributed by atoms with van der Waals surface area (Å²) in [5.74, 6) is -0.787. The first-order chi connectivity index (χ1) is 17.0. The minimum atomic E-state index is -0.308.